The highest BCUT2D eigenvalue weighted by molar-refractivity contribution is 6.31. The maximum atomic E-state index is 13.3. The second kappa shape index (κ2) is 8.18. The Balaban J connectivity index is 1.66. The Kier molecular flexibility index (Phi) is 5.65. The summed E-state index contributed by atoms with van der Waals surface area (Å²) in [5.74, 6) is -0.529. The highest BCUT2D eigenvalue weighted by Crippen LogP contribution is 2.38. The van der Waals surface area contributed by atoms with Crippen LogP contribution in [0.25, 0.3) is 0 Å². The first-order valence-electron chi connectivity index (χ1n) is 9.98. The molecule has 0 radical (unpaired) electrons. The number of halogens is 4. The second-order valence-corrected chi connectivity index (χ2v) is 8.32. The number of alkyl halides is 3. The lowest BCUT2D eigenvalue weighted by atomic mass is 10.0. The summed E-state index contributed by atoms with van der Waals surface area (Å²) in [5, 5.41) is 3.77. The summed E-state index contributed by atoms with van der Waals surface area (Å²) in [5.41, 5.74) is 6.55. The van der Waals surface area contributed by atoms with E-state index in [1.165, 1.54) is 27.9 Å². The lowest BCUT2D eigenvalue weighted by Crippen LogP contribution is -2.43. The molecule has 0 bridgehead atoms. The van der Waals surface area contributed by atoms with Crippen molar-refractivity contribution in [2.24, 2.45) is 0 Å². The number of amides is 1. The van der Waals surface area contributed by atoms with Gasteiger partial charge in [-0.3, -0.25) is 14.3 Å². The number of pyridine rings is 1. The van der Waals surface area contributed by atoms with Crippen LogP contribution < -0.4 is 10.6 Å². The van der Waals surface area contributed by atoms with E-state index in [4.69, 9.17) is 17.3 Å². The number of anilines is 2. The number of Topliss-reactive ketones (excluding diaryl/α,β-unsaturated/α-hetero) is 1. The maximum Gasteiger partial charge on any atom is 0.417 e. The van der Waals surface area contributed by atoms with Crippen LogP contribution in [0.5, 0.6) is 0 Å². The van der Waals surface area contributed by atoms with Crippen LogP contribution in [-0.2, 0) is 12.6 Å². The zero-order valence-electron chi connectivity index (χ0n) is 17.7. The van der Waals surface area contributed by atoms with Crippen LogP contribution in [0.15, 0.2) is 36.5 Å². The van der Waals surface area contributed by atoms with Crippen LogP contribution in [0.1, 0.15) is 50.6 Å². The first-order valence-corrected chi connectivity index (χ1v) is 10.4. The Morgan fingerprint density at radius 3 is 2.64 bits per heavy atom. The third-order valence-corrected chi connectivity index (χ3v) is 5.71. The molecule has 172 valence electrons. The van der Waals surface area contributed by atoms with Crippen molar-refractivity contribution in [3.8, 4) is 0 Å². The molecule has 3 heterocycles. The molecule has 1 aliphatic rings. The third-order valence-electron chi connectivity index (χ3n) is 5.40. The number of nitrogens with zero attached hydrogens (tertiary/aromatic N) is 4. The largest absolute Gasteiger partial charge is 0.417 e. The summed E-state index contributed by atoms with van der Waals surface area (Å²) < 4.78 is 40.7. The molecule has 0 spiro atoms. The predicted octanol–water partition coefficient (Wildman–Crippen LogP) is 4.49. The van der Waals surface area contributed by atoms with Gasteiger partial charge in [-0.25, -0.2) is 4.98 Å². The minimum absolute atomic E-state index is 0.0989. The number of rotatable bonds is 4. The highest BCUT2D eigenvalue weighted by atomic mass is 35.5. The number of nitrogens with two attached hydrogens (primary N) is 1. The van der Waals surface area contributed by atoms with Crippen LogP contribution >= 0.6 is 11.6 Å². The molecule has 1 atom stereocenters. The minimum atomic E-state index is -4.60. The monoisotopic (exact) mass is 477 g/mol. The standard InChI is InChI=1S/C22H19ClF3N5O2/c1-11-5-13(7-19(27)29-11)18(32)6-14-9-28-31-12(2)10-30(21(33)20(14)31)15-3-4-16(17(23)8-15)22(24,25)26/h3-5,7-9,12H,6,10H2,1-2H3,(H2,27,29)/t12-/m0/s1. The molecule has 11 heteroatoms. The fraction of sp³-hybridized carbons (Fsp3) is 0.273. The van der Waals surface area contributed by atoms with Gasteiger partial charge >= 0.3 is 6.18 Å². The van der Waals surface area contributed by atoms with E-state index >= 15 is 0 Å². The number of hydrogen-bond donors (Lipinski definition) is 1. The quantitative estimate of drug-likeness (QED) is 0.559. The Labute approximate surface area is 192 Å². The fourth-order valence-corrected chi connectivity index (χ4v) is 4.19. The first kappa shape index (κ1) is 22.8. The van der Waals surface area contributed by atoms with Crippen LogP contribution in [0.3, 0.4) is 0 Å². The zero-order chi connectivity index (χ0) is 24.1. The second-order valence-electron chi connectivity index (χ2n) is 7.91. The van der Waals surface area contributed by atoms with Gasteiger partial charge in [-0.1, -0.05) is 11.6 Å². The Hall–Kier alpha value is -3.40. The molecular weight excluding hydrogens is 459 g/mol. The van der Waals surface area contributed by atoms with Gasteiger partial charge in [0, 0.05) is 35.5 Å². The molecule has 1 aromatic carbocycles. The molecule has 33 heavy (non-hydrogen) atoms. The molecule has 0 unspecified atom stereocenters. The number of carbonyl (C=O) groups excluding carboxylic acids is 2. The number of carbonyl (C=O) groups is 2. The molecular formula is C22H19ClF3N5O2. The van der Waals surface area contributed by atoms with Crippen LogP contribution in [0.2, 0.25) is 5.02 Å². The average molecular weight is 478 g/mol. The summed E-state index contributed by atoms with van der Waals surface area (Å²) in [6.45, 7) is 3.72. The van der Waals surface area contributed by atoms with E-state index in [0.717, 1.165) is 12.1 Å². The van der Waals surface area contributed by atoms with Crippen molar-refractivity contribution in [3.05, 3.63) is 69.6 Å². The smallest absolute Gasteiger partial charge is 0.384 e. The van der Waals surface area contributed by atoms with Gasteiger partial charge in [0.1, 0.15) is 11.5 Å². The van der Waals surface area contributed by atoms with E-state index in [1.807, 2.05) is 6.92 Å². The van der Waals surface area contributed by atoms with Crippen LogP contribution in [-0.4, -0.2) is 33.0 Å². The van der Waals surface area contributed by atoms with Crippen molar-refractivity contribution in [2.75, 3.05) is 17.2 Å². The average Bonchev–Trinajstić information content (AvgIpc) is 3.13. The van der Waals surface area contributed by atoms with Gasteiger partial charge in [-0.15, -0.1) is 0 Å². The molecule has 2 N–H and O–H groups in total. The number of ketones is 1. The Morgan fingerprint density at radius 2 is 2.00 bits per heavy atom. The van der Waals surface area contributed by atoms with Crippen molar-refractivity contribution >= 4 is 34.8 Å². The van der Waals surface area contributed by atoms with Gasteiger partial charge in [0.15, 0.2) is 5.78 Å². The molecule has 0 aliphatic carbocycles. The number of benzene rings is 1. The lowest BCUT2D eigenvalue weighted by Gasteiger charge is -2.32. The molecule has 0 saturated carbocycles. The van der Waals surface area contributed by atoms with E-state index in [2.05, 4.69) is 10.1 Å². The molecule has 3 aromatic rings. The predicted molar refractivity (Wildman–Crippen MR) is 116 cm³/mol. The van der Waals surface area contributed by atoms with Crippen molar-refractivity contribution in [2.45, 2.75) is 32.5 Å². The molecule has 2 aromatic heterocycles. The Morgan fingerprint density at radius 1 is 1.27 bits per heavy atom. The number of hydrogen-bond acceptors (Lipinski definition) is 5. The van der Waals surface area contributed by atoms with Gasteiger partial charge in [0.05, 0.1) is 22.8 Å². The van der Waals surface area contributed by atoms with Crippen LogP contribution in [0, 0.1) is 6.92 Å². The molecule has 0 fully saturated rings. The lowest BCUT2D eigenvalue weighted by molar-refractivity contribution is -0.137. The fourth-order valence-electron chi connectivity index (χ4n) is 3.90. The third kappa shape index (κ3) is 4.30. The Bertz CT molecular complexity index is 1250. The van der Waals surface area contributed by atoms with Gasteiger partial charge in [0.2, 0.25) is 0 Å². The molecule has 0 saturated heterocycles. The zero-order valence-corrected chi connectivity index (χ0v) is 18.4. The summed E-state index contributed by atoms with van der Waals surface area (Å²) in [6.07, 6.45) is -3.24. The highest BCUT2D eigenvalue weighted by Gasteiger charge is 2.36. The molecule has 7 nitrogen and oxygen atoms in total. The van der Waals surface area contributed by atoms with E-state index < -0.39 is 22.7 Å². The van der Waals surface area contributed by atoms with Gasteiger partial charge in [-0.05, 0) is 44.2 Å². The normalized spacial score (nSPS) is 16.1. The number of fused-ring (bicyclic) bond motifs is 1. The summed E-state index contributed by atoms with van der Waals surface area (Å²) in [4.78, 5) is 31.6. The maximum absolute atomic E-state index is 13.3. The number of nitrogen functional groups attached to an aromatic ring is 1. The molecule has 1 amide bonds. The van der Waals surface area contributed by atoms with Gasteiger partial charge in [0.25, 0.3) is 5.91 Å². The molecule has 1 aliphatic heterocycles. The van der Waals surface area contributed by atoms with Crippen molar-refractivity contribution < 1.29 is 22.8 Å². The van der Waals surface area contributed by atoms with E-state index in [9.17, 15) is 22.8 Å². The van der Waals surface area contributed by atoms with E-state index in [0.29, 0.717) is 16.8 Å². The van der Waals surface area contributed by atoms with Crippen molar-refractivity contribution in [3.63, 3.8) is 0 Å². The first-order chi connectivity index (χ1) is 15.5. The number of aryl methyl sites for hydroxylation is 1. The SMILES string of the molecule is Cc1cc(C(=O)Cc2cnn3c2C(=O)N(c2ccc(C(F)(F)F)c(Cl)c2)C[C@@H]3C)cc(N)n1. The minimum Gasteiger partial charge on any atom is -0.384 e. The number of aromatic nitrogens is 3. The van der Waals surface area contributed by atoms with E-state index in [1.54, 1.807) is 13.0 Å². The van der Waals surface area contributed by atoms with Gasteiger partial charge in [-0.2, -0.15) is 18.3 Å². The topological polar surface area (TPSA) is 94.1 Å². The van der Waals surface area contributed by atoms with Crippen molar-refractivity contribution in [1.82, 2.24) is 14.8 Å². The molecule has 4 rings (SSSR count). The van der Waals surface area contributed by atoms with E-state index in [-0.39, 0.29) is 42.0 Å². The summed E-state index contributed by atoms with van der Waals surface area (Å²) in [7, 11) is 0. The van der Waals surface area contributed by atoms with Crippen LogP contribution in [0.4, 0.5) is 24.7 Å². The van der Waals surface area contributed by atoms with Crippen molar-refractivity contribution in [1.29, 1.82) is 0 Å². The van der Waals surface area contributed by atoms with Gasteiger partial charge < -0.3 is 10.6 Å². The summed E-state index contributed by atoms with van der Waals surface area (Å²) >= 11 is 5.85. The summed E-state index contributed by atoms with van der Waals surface area (Å²) in [6, 6.07) is 5.97.